The maximum atomic E-state index is 11.1. The van der Waals surface area contributed by atoms with Gasteiger partial charge in [0.15, 0.2) is 0 Å². The zero-order valence-electron chi connectivity index (χ0n) is 10.1. The van der Waals surface area contributed by atoms with Gasteiger partial charge in [0.2, 0.25) is 0 Å². The summed E-state index contributed by atoms with van der Waals surface area (Å²) < 4.78 is 0. The van der Waals surface area contributed by atoms with E-state index in [4.69, 9.17) is 10.2 Å². The topological polar surface area (TPSA) is 107 Å². The Hall–Kier alpha value is -2.08. The Labute approximate surface area is 104 Å². The van der Waals surface area contributed by atoms with Gasteiger partial charge in [-0.2, -0.15) is 0 Å². The molecule has 0 aliphatic rings. The van der Waals surface area contributed by atoms with Gasteiger partial charge in [-0.3, -0.25) is 0 Å². The summed E-state index contributed by atoms with van der Waals surface area (Å²) in [6.45, 7) is 3.97. The molecule has 1 rings (SSSR count). The molecule has 0 bridgehead atoms. The fourth-order valence-electron chi connectivity index (χ4n) is 1.70. The van der Waals surface area contributed by atoms with Gasteiger partial charge in [0.25, 0.3) is 5.60 Å². The molecule has 0 unspecified atom stereocenters. The van der Waals surface area contributed by atoms with E-state index in [1.807, 2.05) is 0 Å². The minimum atomic E-state index is -2.95. The third-order valence-corrected chi connectivity index (χ3v) is 2.64. The molecule has 4 N–H and O–H groups in total. The number of hydrogen-bond acceptors (Lipinski definition) is 4. The predicted octanol–water partition coefficient (Wildman–Crippen LogP) is 0.784. The van der Waals surface area contributed by atoms with Crippen molar-refractivity contribution in [1.29, 1.82) is 0 Å². The Morgan fingerprint density at radius 3 is 2.28 bits per heavy atom. The minimum absolute atomic E-state index is 0.177. The van der Waals surface area contributed by atoms with Crippen LogP contribution in [0, 0.1) is 6.92 Å². The monoisotopic (exact) mass is 253 g/mol. The zero-order chi connectivity index (χ0) is 13.9. The highest BCUT2D eigenvalue weighted by Crippen LogP contribution is 2.31. The summed E-state index contributed by atoms with van der Waals surface area (Å²) in [5.41, 5.74) is -2.14. The first-order valence-electron chi connectivity index (χ1n) is 5.38. The fourth-order valence-corrected chi connectivity index (χ4v) is 1.70. The number of para-hydroxylation sites is 1. The molecule has 0 spiro atoms. The molecule has 6 heteroatoms. The number of aliphatic hydroxyl groups is 1. The maximum Gasteiger partial charge on any atom is 0.352 e. The number of aliphatic carboxylic acids is 2. The third kappa shape index (κ3) is 2.14. The smallest absolute Gasteiger partial charge is 0.352 e. The maximum absolute atomic E-state index is 11.1. The van der Waals surface area contributed by atoms with Crippen molar-refractivity contribution in [2.24, 2.45) is 0 Å². The average molecular weight is 253 g/mol. The van der Waals surface area contributed by atoms with Crippen molar-refractivity contribution in [1.82, 2.24) is 0 Å². The van der Waals surface area contributed by atoms with Crippen LogP contribution >= 0.6 is 0 Å². The Balaban J connectivity index is 3.51. The van der Waals surface area contributed by atoms with Gasteiger partial charge in [0, 0.05) is 17.8 Å². The second kappa shape index (κ2) is 5.05. The quantitative estimate of drug-likeness (QED) is 0.578. The van der Waals surface area contributed by atoms with Crippen molar-refractivity contribution < 1.29 is 24.9 Å². The molecule has 98 valence electrons. The van der Waals surface area contributed by atoms with Crippen molar-refractivity contribution in [2.75, 3.05) is 11.9 Å². The molecule has 0 amide bonds. The summed E-state index contributed by atoms with van der Waals surface area (Å²) >= 11 is 0. The lowest BCUT2D eigenvalue weighted by molar-refractivity contribution is -0.177. The Morgan fingerprint density at radius 1 is 1.28 bits per heavy atom. The van der Waals surface area contributed by atoms with E-state index >= 15 is 0 Å². The predicted molar refractivity (Wildman–Crippen MR) is 64.5 cm³/mol. The van der Waals surface area contributed by atoms with Gasteiger partial charge in [0.05, 0.1) is 0 Å². The normalized spacial score (nSPS) is 11.1. The highest BCUT2D eigenvalue weighted by molar-refractivity contribution is 6.04. The fraction of sp³-hybridized carbons (Fsp3) is 0.333. The molecular weight excluding hydrogens is 238 g/mol. The van der Waals surface area contributed by atoms with Crippen molar-refractivity contribution in [2.45, 2.75) is 19.4 Å². The van der Waals surface area contributed by atoms with Crippen LogP contribution in [-0.2, 0) is 15.2 Å². The summed E-state index contributed by atoms with van der Waals surface area (Å²) in [6, 6.07) is 4.49. The first kappa shape index (κ1) is 14.0. The van der Waals surface area contributed by atoms with Crippen molar-refractivity contribution >= 4 is 17.6 Å². The third-order valence-electron chi connectivity index (χ3n) is 2.64. The number of anilines is 1. The molecule has 0 saturated heterocycles. The van der Waals surface area contributed by atoms with E-state index in [9.17, 15) is 14.7 Å². The van der Waals surface area contributed by atoms with E-state index in [1.165, 1.54) is 12.1 Å². The number of nitrogens with one attached hydrogen (secondary N) is 1. The largest absolute Gasteiger partial charge is 0.478 e. The van der Waals surface area contributed by atoms with E-state index < -0.39 is 17.5 Å². The van der Waals surface area contributed by atoms with E-state index in [2.05, 4.69) is 5.32 Å². The average Bonchev–Trinajstić information content (AvgIpc) is 2.30. The molecular formula is C12H15NO5. The standard InChI is InChI=1S/C12H15NO5/c1-3-13-9-7(2)5-4-6-8(9)12(18,10(14)15)11(16)17/h4-6,13,18H,3H2,1-2H3,(H,14,15)(H,16,17). The lowest BCUT2D eigenvalue weighted by Gasteiger charge is -2.23. The highest BCUT2D eigenvalue weighted by Gasteiger charge is 2.48. The van der Waals surface area contributed by atoms with Crippen LogP contribution in [0.25, 0.3) is 0 Å². The summed E-state index contributed by atoms with van der Waals surface area (Å²) in [6.07, 6.45) is 0. The number of benzene rings is 1. The molecule has 0 heterocycles. The lowest BCUT2D eigenvalue weighted by atomic mass is 9.90. The molecule has 0 saturated carbocycles. The molecule has 0 aliphatic carbocycles. The van der Waals surface area contributed by atoms with Crippen molar-refractivity contribution in [3.63, 3.8) is 0 Å². The number of carboxylic acids is 2. The van der Waals surface area contributed by atoms with Crippen molar-refractivity contribution in [3.05, 3.63) is 29.3 Å². The van der Waals surface area contributed by atoms with Gasteiger partial charge in [-0.25, -0.2) is 9.59 Å². The van der Waals surface area contributed by atoms with Crippen LogP contribution < -0.4 is 5.32 Å². The van der Waals surface area contributed by atoms with E-state index in [0.29, 0.717) is 17.8 Å². The first-order chi connectivity index (χ1) is 8.35. The molecule has 0 aromatic heterocycles. The van der Waals surface area contributed by atoms with Crippen LogP contribution in [0.4, 0.5) is 5.69 Å². The molecule has 0 atom stereocenters. The first-order valence-corrected chi connectivity index (χ1v) is 5.38. The van der Waals surface area contributed by atoms with Gasteiger partial charge >= 0.3 is 11.9 Å². The molecule has 0 radical (unpaired) electrons. The van der Waals surface area contributed by atoms with Crippen LogP contribution in [-0.4, -0.2) is 33.8 Å². The van der Waals surface area contributed by atoms with Gasteiger partial charge in [0.1, 0.15) is 0 Å². The summed E-state index contributed by atoms with van der Waals surface area (Å²) in [4.78, 5) is 22.1. The Morgan fingerprint density at radius 2 is 1.83 bits per heavy atom. The van der Waals surface area contributed by atoms with E-state index in [-0.39, 0.29) is 5.56 Å². The van der Waals surface area contributed by atoms with Gasteiger partial charge in [-0.15, -0.1) is 0 Å². The number of carboxylic acid groups (broad SMARTS) is 2. The highest BCUT2D eigenvalue weighted by atomic mass is 16.4. The zero-order valence-corrected chi connectivity index (χ0v) is 10.1. The summed E-state index contributed by atoms with van der Waals surface area (Å²) in [5.74, 6) is -3.64. The Kier molecular flexibility index (Phi) is 3.93. The second-order valence-electron chi connectivity index (χ2n) is 3.85. The molecule has 1 aromatic rings. The van der Waals surface area contributed by atoms with Gasteiger partial charge in [-0.05, 0) is 19.4 Å². The van der Waals surface area contributed by atoms with Crippen LogP contribution in [0.2, 0.25) is 0 Å². The SMILES string of the molecule is CCNc1c(C)cccc1C(O)(C(=O)O)C(=O)O. The van der Waals surface area contributed by atoms with Crippen molar-refractivity contribution in [3.8, 4) is 0 Å². The van der Waals surface area contributed by atoms with E-state index in [1.54, 1.807) is 19.9 Å². The van der Waals surface area contributed by atoms with Crippen LogP contribution in [0.3, 0.4) is 0 Å². The van der Waals surface area contributed by atoms with Crippen LogP contribution in [0.5, 0.6) is 0 Å². The molecule has 0 fully saturated rings. The lowest BCUT2D eigenvalue weighted by Crippen LogP contribution is -2.44. The second-order valence-corrected chi connectivity index (χ2v) is 3.85. The number of carbonyl (C=O) groups is 2. The summed E-state index contributed by atoms with van der Waals surface area (Å²) in [5, 5.41) is 30.8. The van der Waals surface area contributed by atoms with E-state index in [0.717, 1.165) is 0 Å². The minimum Gasteiger partial charge on any atom is -0.478 e. The molecule has 0 aliphatic heterocycles. The van der Waals surface area contributed by atoms with Crippen LogP contribution in [0.1, 0.15) is 18.1 Å². The van der Waals surface area contributed by atoms with Gasteiger partial charge in [-0.1, -0.05) is 18.2 Å². The van der Waals surface area contributed by atoms with Gasteiger partial charge < -0.3 is 20.6 Å². The molecule has 6 nitrogen and oxygen atoms in total. The number of hydrogen-bond donors (Lipinski definition) is 4. The molecule has 18 heavy (non-hydrogen) atoms. The number of rotatable bonds is 5. The summed E-state index contributed by atoms with van der Waals surface area (Å²) in [7, 11) is 0. The Bertz CT molecular complexity index is 469. The number of aryl methyl sites for hydroxylation is 1. The molecule has 1 aromatic carbocycles. The van der Waals surface area contributed by atoms with Crippen LogP contribution in [0.15, 0.2) is 18.2 Å².